The van der Waals surface area contributed by atoms with E-state index >= 15 is 0 Å². The minimum Gasteiger partial charge on any atom is -0.381 e. The van der Waals surface area contributed by atoms with Crippen LogP contribution >= 0.6 is 35.3 Å². The van der Waals surface area contributed by atoms with Crippen molar-refractivity contribution in [2.24, 2.45) is 4.99 Å². The first-order chi connectivity index (χ1) is 13.6. The molecule has 1 aliphatic rings. The third-order valence-corrected chi connectivity index (χ3v) is 6.32. The normalized spacial score (nSPS) is 16.2. The molecular weight excluding hydrogens is 495 g/mol. The van der Waals surface area contributed by atoms with Crippen LogP contribution in [0.2, 0.25) is 0 Å². The van der Waals surface area contributed by atoms with Crippen LogP contribution in [0, 0.1) is 13.8 Å². The molecule has 29 heavy (non-hydrogen) atoms. The highest BCUT2D eigenvalue weighted by Gasteiger charge is 2.35. The molecule has 0 unspecified atom stereocenters. The largest absolute Gasteiger partial charge is 0.381 e. The number of aryl methyl sites for hydroxylation is 2. The van der Waals surface area contributed by atoms with Gasteiger partial charge in [0.2, 0.25) is 0 Å². The average molecular weight is 529 g/mol. The molecule has 0 amide bonds. The molecule has 0 spiro atoms. The van der Waals surface area contributed by atoms with Gasteiger partial charge in [-0.1, -0.05) is 24.3 Å². The van der Waals surface area contributed by atoms with Crippen LogP contribution in [0.15, 0.2) is 35.5 Å². The van der Waals surface area contributed by atoms with Crippen LogP contribution in [0.5, 0.6) is 0 Å². The predicted octanol–water partition coefficient (Wildman–Crippen LogP) is 4.22. The predicted molar refractivity (Wildman–Crippen MR) is 133 cm³/mol. The number of hydrogen-bond acceptors (Lipinski definition) is 4. The summed E-state index contributed by atoms with van der Waals surface area (Å²) in [6.07, 6.45) is 4.88. The molecule has 2 N–H and O–H groups in total. The fraction of sp³-hybridized carbons (Fsp3) is 0.545. The Hall–Kier alpha value is -1.19. The molecule has 3 rings (SSSR count). The molecule has 0 saturated carbocycles. The lowest BCUT2D eigenvalue weighted by atomic mass is 9.72. The molecule has 0 radical (unpaired) electrons. The Labute approximate surface area is 195 Å². The van der Waals surface area contributed by atoms with Gasteiger partial charge in [0, 0.05) is 49.2 Å². The number of aliphatic imine (C=N–C) groups is 1. The molecule has 0 aliphatic carbocycles. The molecule has 1 aliphatic heterocycles. The number of ether oxygens (including phenoxy) is 1. The lowest BCUT2D eigenvalue weighted by Gasteiger charge is -2.37. The number of aromatic nitrogens is 1. The molecule has 2 heterocycles. The summed E-state index contributed by atoms with van der Waals surface area (Å²) >= 11 is 1.76. The van der Waals surface area contributed by atoms with Gasteiger partial charge in [-0.15, -0.1) is 35.3 Å². The van der Waals surface area contributed by atoms with E-state index in [2.05, 4.69) is 60.7 Å². The quantitative estimate of drug-likeness (QED) is 0.321. The van der Waals surface area contributed by atoms with Crippen molar-refractivity contribution in [1.82, 2.24) is 15.6 Å². The highest BCUT2D eigenvalue weighted by molar-refractivity contribution is 14.0. The highest BCUT2D eigenvalue weighted by Crippen LogP contribution is 2.37. The van der Waals surface area contributed by atoms with E-state index in [1.807, 2.05) is 6.20 Å². The van der Waals surface area contributed by atoms with Gasteiger partial charge in [-0.05, 0) is 44.7 Å². The topological polar surface area (TPSA) is 58.5 Å². The van der Waals surface area contributed by atoms with E-state index in [-0.39, 0.29) is 29.4 Å². The van der Waals surface area contributed by atoms with Gasteiger partial charge in [0.1, 0.15) is 0 Å². The third-order valence-electron chi connectivity index (χ3n) is 5.35. The van der Waals surface area contributed by atoms with Crippen LogP contribution in [0.1, 0.15) is 40.8 Å². The van der Waals surface area contributed by atoms with Crippen molar-refractivity contribution in [2.45, 2.75) is 45.4 Å². The van der Waals surface area contributed by atoms with Crippen molar-refractivity contribution in [1.29, 1.82) is 0 Å². The lowest BCUT2D eigenvalue weighted by Crippen LogP contribution is -2.42. The molecule has 0 atom stereocenters. The first-order valence-electron chi connectivity index (χ1n) is 10.2. The van der Waals surface area contributed by atoms with Crippen LogP contribution < -0.4 is 10.6 Å². The van der Waals surface area contributed by atoms with Gasteiger partial charge in [0.25, 0.3) is 0 Å². The Balaban J connectivity index is 0.00000300. The molecule has 5 nitrogen and oxygen atoms in total. The highest BCUT2D eigenvalue weighted by atomic mass is 127. The van der Waals surface area contributed by atoms with Crippen molar-refractivity contribution < 1.29 is 4.74 Å². The van der Waals surface area contributed by atoms with E-state index in [9.17, 15) is 0 Å². The number of halogens is 1. The minimum absolute atomic E-state index is 0. The third kappa shape index (κ3) is 6.65. The van der Waals surface area contributed by atoms with Crippen molar-refractivity contribution in [3.05, 3.63) is 51.5 Å². The minimum atomic E-state index is 0. The Kier molecular flexibility index (Phi) is 9.85. The molecule has 1 fully saturated rings. The number of rotatable bonds is 7. The lowest BCUT2D eigenvalue weighted by molar-refractivity contribution is 0.0529. The molecule has 0 bridgehead atoms. The molecule has 1 aromatic carbocycles. The summed E-state index contributed by atoms with van der Waals surface area (Å²) in [4.78, 5) is 10.7. The van der Waals surface area contributed by atoms with Crippen LogP contribution in [0.4, 0.5) is 0 Å². The van der Waals surface area contributed by atoms with Crippen molar-refractivity contribution in [2.75, 3.05) is 32.8 Å². The average Bonchev–Trinajstić information content (AvgIpc) is 3.12. The molecule has 1 saturated heterocycles. The van der Waals surface area contributed by atoms with Crippen molar-refractivity contribution in [3.8, 4) is 0 Å². The Bertz CT molecular complexity index is 787. The van der Waals surface area contributed by atoms with Gasteiger partial charge in [-0.2, -0.15) is 0 Å². The maximum atomic E-state index is 5.67. The zero-order valence-corrected chi connectivity index (χ0v) is 20.8. The molecule has 7 heteroatoms. The number of nitrogens with zero attached hydrogens (tertiary/aromatic N) is 2. The summed E-state index contributed by atoms with van der Waals surface area (Å²) in [5, 5.41) is 8.03. The number of guanidine groups is 1. The van der Waals surface area contributed by atoms with Crippen molar-refractivity contribution >= 4 is 41.3 Å². The van der Waals surface area contributed by atoms with Gasteiger partial charge in [0.15, 0.2) is 5.96 Å². The van der Waals surface area contributed by atoms with Gasteiger partial charge in [0.05, 0.1) is 11.6 Å². The van der Waals surface area contributed by atoms with Crippen LogP contribution in [0.25, 0.3) is 0 Å². The van der Waals surface area contributed by atoms with E-state index in [0.29, 0.717) is 0 Å². The zero-order chi connectivity index (χ0) is 19.8. The number of hydrogen-bond donors (Lipinski definition) is 2. The molecule has 2 aromatic rings. The second-order valence-corrected chi connectivity index (χ2v) is 8.76. The molecule has 1 aromatic heterocycles. The molecular formula is C22H33IN4OS. The summed E-state index contributed by atoms with van der Waals surface area (Å²) in [6.45, 7) is 10.5. The van der Waals surface area contributed by atoms with Gasteiger partial charge in [-0.3, -0.25) is 4.99 Å². The summed E-state index contributed by atoms with van der Waals surface area (Å²) in [5.41, 5.74) is 2.81. The first-order valence-corrected chi connectivity index (χ1v) is 11.0. The Morgan fingerprint density at radius 1 is 1.21 bits per heavy atom. The summed E-state index contributed by atoms with van der Waals surface area (Å²) in [6, 6.07) is 8.72. The van der Waals surface area contributed by atoms with E-state index in [1.165, 1.54) is 21.0 Å². The maximum absolute atomic E-state index is 5.67. The summed E-state index contributed by atoms with van der Waals surface area (Å²) in [7, 11) is 0. The van der Waals surface area contributed by atoms with E-state index in [4.69, 9.17) is 9.73 Å². The molecule has 160 valence electrons. The summed E-state index contributed by atoms with van der Waals surface area (Å²) < 4.78 is 5.67. The van der Waals surface area contributed by atoms with Crippen LogP contribution in [-0.2, 0) is 16.6 Å². The fourth-order valence-electron chi connectivity index (χ4n) is 3.82. The van der Waals surface area contributed by atoms with Gasteiger partial charge in [-0.25, -0.2) is 4.98 Å². The Morgan fingerprint density at radius 3 is 2.62 bits per heavy atom. The van der Waals surface area contributed by atoms with E-state index < -0.39 is 0 Å². The SMILES string of the molecule is CCNC(=NCC1(c2ccccc2C)CCOCC1)NCCc1ncc(C)s1.I. The summed E-state index contributed by atoms with van der Waals surface area (Å²) in [5.74, 6) is 0.884. The standard InChI is InChI=1S/C22H32N4OS.HI/c1-4-23-21(24-12-9-20-25-15-18(3)28-20)26-16-22(10-13-27-14-11-22)19-8-6-5-7-17(19)2;/h5-8,15H,4,9-14,16H2,1-3H3,(H2,23,24,26);1H. The fourth-order valence-corrected chi connectivity index (χ4v) is 4.61. The second-order valence-electron chi connectivity index (χ2n) is 7.44. The van der Waals surface area contributed by atoms with E-state index in [0.717, 1.165) is 58.1 Å². The monoisotopic (exact) mass is 528 g/mol. The van der Waals surface area contributed by atoms with Gasteiger partial charge >= 0.3 is 0 Å². The van der Waals surface area contributed by atoms with Crippen LogP contribution in [0.3, 0.4) is 0 Å². The number of benzene rings is 1. The Morgan fingerprint density at radius 2 is 1.97 bits per heavy atom. The zero-order valence-electron chi connectivity index (χ0n) is 17.7. The smallest absolute Gasteiger partial charge is 0.191 e. The maximum Gasteiger partial charge on any atom is 0.191 e. The second kappa shape index (κ2) is 11.9. The van der Waals surface area contributed by atoms with E-state index in [1.54, 1.807) is 11.3 Å². The number of nitrogens with one attached hydrogen (secondary N) is 2. The number of thiazole rings is 1. The van der Waals surface area contributed by atoms with Gasteiger partial charge < -0.3 is 15.4 Å². The van der Waals surface area contributed by atoms with Crippen molar-refractivity contribution in [3.63, 3.8) is 0 Å². The first kappa shape index (κ1) is 24.1. The van der Waals surface area contributed by atoms with Crippen LogP contribution in [-0.4, -0.2) is 43.8 Å².